The maximum absolute atomic E-state index is 13.1. The Morgan fingerprint density at radius 3 is 2.40 bits per heavy atom. The summed E-state index contributed by atoms with van der Waals surface area (Å²) in [6, 6.07) is 6.49. The van der Waals surface area contributed by atoms with Crippen LogP contribution < -0.4 is 10.0 Å². The molecule has 1 aromatic carbocycles. The third kappa shape index (κ3) is 4.33. The normalized spacial score (nSPS) is 21.4. The molecule has 1 saturated heterocycles. The third-order valence-electron chi connectivity index (χ3n) is 5.46. The standard InChI is InChI=1S/C19H21F2N3O4S2/c20-18(21)17-11-16-15(5-8-22-19(16)23-17)12-1-3-14(4-2-12)30(27,28)24-13-6-9-29(25,26)10-7-13/h1-5,8,13,17-18,24H,6-7,9-11H2,(H,22,23). The van der Waals surface area contributed by atoms with E-state index in [1.807, 2.05) is 0 Å². The fraction of sp³-hybridized carbons (Fsp3) is 0.421. The summed E-state index contributed by atoms with van der Waals surface area (Å²) in [5, 5.41) is 2.72. The van der Waals surface area contributed by atoms with E-state index < -0.39 is 38.4 Å². The van der Waals surface area contributed by atoms with Gasteiger partial charge in [0.25, 0.3) is 6.43 Å². The minimum Gasteiger partial charge on any atom is -0.361 e. The molecule has 4 rings (SSSR count). The van der Waals surface area contributed by atoms with Crippen LogP contribution in [0.15, 0.2) is 41.4 Å². The third-order valence-corrected chi connectivity index (χ3v) is 8.71. The number of fused-ring (bicyclic) bond motifs is 1. The molecule has 1 aromatic heterocycles. The van der Waals surface area contributed by atoms with Gasteiger partial charge in [-0.2, -0.15) is 0 Å². The maximum Gasteiger partial charge on any atom is 0.258 e. The predicted octanol–water partition coefficient (Wildman–Crippen LogP) is 2.21. The molecule has 0 radical (unpaired) electrons. The quantitative estimate of drug-likeness (QED) is 0.713. The Kier molecular flexibility index (Phi) is 5.54. The number of aromatic nitrogens is 1. The van der Waals surface area contributed by atoms with E-state index in [4.69, 9.17) is 0 Å². The number of anilines is 1. The van der Waals surface area contributed by atoms with Crippen molar-refractivity contribution in [2.24, 2.45) is 0 Å². The first-order valence-electron chi connectivity index (χ1n) is 9.50. The van der Waals surface area contributed by atoms with Crippen LogP contribution in [0.4, 0.5) is 14.6 Å². The molecular formula is C19H21F2N3O4S2. The summed E-state index contributed by atoms with van der Waals surface area (Å²) in [7, 11) is -6.87. The van der Waals surface area contributed by atoms with Gasteiger partial charge in [-0.05, 0) is 42.2 Å². The lowest BCUT2D eigenvalue weighted by Crippen LogP contribution is -2.40. The highest BCUT2D eigenvalue weighted by molar-refractivity contribution is 7.91. The summed E-state index contributed by atoms with van der Waals surface area (Å²) in [6.45, 7) is 0. The van der Waals surface area contributed by atoms with Crippen molar-refractivity contribution in [3.8, 4) is 11.1 Å². The SMILES string of the molecule is O=S1(=O)CCC(NS(=O)(=O)c2ccc(-c3ccnc4c3CC(C(F)F)N4)cc2)CC1. The largest absolute Gasteiger partial charge is 0.361 e. The van der Waals surface area contributed by atoms with Crippen molar-refractivity contribution in [3.05, 3.63) is 42.1 Å². The fourth-order valence-electron chi connectivity index (χ4n) is 3.80. The van der Waals surface area contributed by atoms with E-state index in [0.717, 1.165) is 5.56 Å². The molecule has 2 aliphatic heterocycles. The molecule has 11 heteroatoms. The van der Waals surface area contributed by atoms with Crippen LogP contribution in [0.2, 0.25) is 0 Å². The van der Waals surface area contributed by atoms with Gasteiger partial charge in [0.1, 0.15) is 15.7 Å². The van der Waals surface area contributed by atoms with E-state index in [1.165, 1.54) is 18.3 Å². The van der Waals surface area contributed by atoms with Crippen molar-refractivity contribution in [1.82, 2.24) is 9.71 Å². The highest BCUT2D eigenvalue weighted by Gasteiger charge is 2.31. The first-order valence-corrected chi connectivity index (χ1v) is 12.8. The molecule has 1 unspecified atom stereocenters. The van der Waals surface area contributed by atoms with Crippen molar-refractivity contribution in [2.75, 3.05) is 16.8 Å². The number of pyridine rings is 1. The van der Waals surface area contributed by atoms with Gasteiger partial charge in [-0.15, -0.1) is 0 Å². The van der Waals surface area contributed by atoms with E-state index in [9.17, 15) is 25.6 Å². The van der Waals surface area contributed by atoms with Crippen LogP contribution in [0.25, 0.3) is 11.1 Å². The van der Waals surface area contributed by atoms with Crippen molar-refractivity contribution in [2.45, 2.75) is 42.7 Å². The lowest BCUT2D eigenvalue weighted by molar-refractivity contribution is 0.126. The van der Waals surface area contributed by atoms with Gasteiger partial charge in [0, 0.05) is 24.2 Å². The van der Waals surface area contributed by atoms with Gasteiger partial charge >= 0.3 is 0 Å². The van der Waals surface area contributed by atoms with Gasteiger partial charge < -0.3 is 5.32 Å². The van der Waals surface area contributed by atoms with Gasteiger partial charge in [-0.1, -0.05) is 12.1 Å². The van der Waals surface area contributed by atoms with Gasteiger partial charge in [0.05, 0.1) is 22.4 Å². The van der Waals surface area contributed by atoms with Crippen LogP contribution in [0, 0.1) is 0 Å². The Morgan fingerprint density at radius 1 is 1.10 bits per heavy atom. The summed E-state index contributed by atoms with van der Waals surface area (Å²) < 4.78 is 77.0. The molecule has 162 valence electrons. The van der Waals surface area contributed by atoms with Crippen LogP contribution in [0.1, 0.15) is 18.4 Å². The van der Waals surface area contributed by atoms with Crippen molar-refractivity contribution in [1.29, 1.82) is 0 Å². The number of nitrogens with one attached hydrogen (secondary N) is 2. The number of alkyl halides is 2. The fourth-order valence-corrected chi connectivity index (χ4v) is 6.60. The minimum absolute atomic E-state index is 0.0279. The number of nitrogens with zero attached hydrogens (tertiary/aromatic N) is 1. The molecule has 2 N–H and O–H groups in total. The number of halogens is 2. The summed E-state index contributed by atoms with van der Waals surface area (Å²) in [5.74, 6) is 0.364. The molecule has 0 aliphatic carbocycles. The van der Waals surface area contributed by atoms with Crippen LogP contribution in [-0.4, -0.2) is 51.8 Å². The Balaban J connectivity index is 1.52. The number of hydrogen-bond acceptors (Lipinski definition) is 6. The average molecular weight is 458 g/mol. The molecule has 2 aromatic rings. The molecular weight excluding hydrogens is 436 g/mol. The first kappa shape index (κ1) is 21.1. The van der Waals surface area contributed by atoms with Crippen LogP contribution in [0.3, 0.4) is 0 Å². The van der Waals surface area contributed by atoms with Crippen LogP contribution >= 0.6 is 0 Å². The van der Waals surface area contributed by atoms with Crippen LogP contribution in [-0.2, 0) is 26.3 Å². The highest BCUT2D eigenvalue weighted by atomic mass is 32.2. The van der Waals surface area contributed by atoms with Crippen molar-refractivity contribution in [3.63, 3.8) is 0 Å². The van der Waals surface area contributed by atoms with E-state index in [2.05, 4.69) is 15.0 Å². The number of rotatable bonds is 5. The Morgan fingerprint density at radius 2 is 1.77 bits per heavy atom. The Bertz CT molecular complexity index is 1140. The molecule has 0 amide bonds. The van der Waals surface area contributed by atoms with E-state index in [1.54, 1.807) is 18.2 Å². The minimum atomic E-state index is -3.80. The summed E-state index contributed by atoms with van der Waals surface area (Å²) in [6.07, 6.45) is -0.344. The zero-order chi connectivity index (χ0) is 21.5. The number of benzene rings is 1. The second-order valence-corrected chi connectivity index (χ2v) is 11.6. The molecule has 1 atom stereocenters. The van der Waals surface area contributed by atoms with Crippen molar-refractivity contribution < 1.29 is 25.6 Å². The van der Waals surface area contributed by atoms with Crippen LogP contribution in [0.5, 0.6) is 0 Å². The molecule has 30 heavy (non-hydrogen) atoms. The summed E-state index contributed by atoms with van der Waals surface area (Å²) in [5.41, 5.74) is 2.11. The number of sulfone groups is 1. The summed E-state index contributed by atoms with van der Waals surface area (Å²) >= 11 is 0. The van der Waals surface area contributed by atoms with E-state index in [0.29, 0.717) is 16.9 Å². The Labute approximate surface area is 173 Å². The molecule has 1 fully saturated rings. The van der Waals surface area contributed by atoms with Gasteiger partial charge in [-0.3, -0.25) is 0 Å². The van der Waals surface area contributed by atoms with E-state index in [-0.39, 0.29) is 35.7 Å². The molecule has 3 heterocycles. The molecule has 0 saturated carbocycles. The topological polar surface area (TPSA) is 105 Å². The Hall–Kier alpha value is -2.11. The molecule has 0 spiro atoms. The highest BCUT2D eigenvalue weighted by Crippen LogP contribution is 2.35. The number of hydrogen-bond donors (Lipinski definition) is 2. The molecule has 7 nitrogen and oxygen atoms in total. The van der Waals surface area contributed by atoms with Gasteiger partial charge in [-0.25, -0.2) is 35.3 Å². The summed E-state index contributed by atoms with van der Waals surface area (Å²) in [4.78, 5) is 4.18. The zero-order valence-corrected chi connectivity index (χ0v) is 17.5. The maximum atomic E-state index is 13.1. The molecule has 2 aliphatic rings. The van der Waals surface area contributed by atoms with Gasteiger partial charge in [0.15, 0.2) is 0 Å². The number of sulfonamides is 1. The predicted molar refractivity (Wildman–Crippen MR) is 109 cm³/mol. The van der Waals surface area contributed by atoms with Gasteiger partial charge in [0.2, 0.25) is 10.0 Å². The average Bonchev–Trinajstić information content (AvgIpc) is 3.14. The first-order chi connectivity index (χ1) is 14.1. The second-order valence-electron chi connectivity index (χ2n) is 7.55. The monoisotopic (exact) mass is 457 g/mol. The lowest BCUT2D eigenvalue weighted by atomic mass is 9.99. The van der Waals surface area contributed by atoms with Crippen molar-refractivity contribution >= 4 is 25.7 Å². The lowest BCUT2D eigenvalue weighted by Gasteiger charge is -2.22. The van der Waals surface area contributed by atoms with E-state index >= 15 is 0 Å². The second kappa shape index (κ2) is 7.86. The smallest absolute Gasteiger partial charge is 0.258 e. The molecule has 0 bridgehead atoms. The zero-order valence-electron chi connectivity index (χ0n) is 15.9.